The van der Waals surface area contributed by atoms with Gasteiger partial charge in [-0.25, -0.2) is 9.68 Å². The molecule has 1 aromatic rings. The number of hydrogen-bond acceptors (Lipinski definition) is 5. The van der Waals surface area contributed by atoms with Crippen LogP contribution in [0.4, 0.5) is 0 Å². The van der Waals surface area contributed by atoms with E-state index in [4.69, 9.17) is 15.0 Å². The minimum atomic E-state index is -0.610. The predicted molar refractivity (Wildman–Crippen MR) is 103 cm³/mol. The van der Waals surface area contributed by atoms with Gasteiger partial charge in [-0.15, -0.1) is 0 Å². The van der Waals surface area contributed by atoms with E-state index in [1.165, 1.54) is 0 Å². The normalized spacial score (nSPS) is 12.8. The third-order valence-electron chi connectivity index (χ3n) is 3.80. The van der Waals surface area contributed by atoms with E-state index in [2.05, 4.69) is 11.8 Å². The number of carbonyl (C=O) groups excluding carboxylic acids is 1. The Labute approximate surface area is 158 Å². The number of unbranched alkanes of at least 4 members (excludes halogenated alkanes) is 1. The Morgan fingerprint density at radius 2 is 1.65 bits per heavy atom. The summed E-state index contributed by atoms with van der Waals surface area (Å²) in [4.78, 5) is 25.7. The monoisotopic (exact) mass is 368 g/mol. The van der Waals surface area contributed by atoms with Crippen LogP contribution < -0.4 is 0 Å². The van der Waals surface area contributed by atoms with Gasteiger partial charge < -0.3 is 0 Å². The molecular formula is C21H36O5. The molecule has 26 heavy (non-hydrogen) atoms. The third kappa shape index (κ3) is 10.5. The summed E-state index contributed by atoms with van der Waals surface area (Å²) in [5, 5.41) is 8.55. The van der Waals surface area contributed by atoms with Gasteiger partial charge in [0.2, 0.25) is 0 Å². The van der Waals surface area contributed by atoms with E-state index in [9.17, 15) is 4.79 Å². The van der Waals surface area contributed by atoms with Crippen LogP contribution in [0.2, 0.25) is 0 Å². The topological polar surface area (TPSA) is 65.0 Å². The maximum absolute atomic E-state index is 11.6. The standard InChI is InChI=1S/C12H24O3.C9H12O2/c1-6-8-9-10(7-2)11(13)14-15-12(3,4)5;1-9(2,11-10)8-6-4-3-5-7-8/h10H,6-9H2,1-5H3;3-7,10H,1-2H3. The molecule has 1 N–H and O–H groups in total. The fraction of sp³-hybridized carbons (Fsp3) is 0.667. The van der Waals surface area contributed by atoms with Crippen molar-refractivity contribution in [2.24, 2.45) is 5.92 Å². The summed E-state index contributed by atoms with van der Waals surface area (Å²) in [6, 6.07) is 9.58. The van der Waals surface area contributed by atoms with Gasteiger partial charge >= 0.3 is 5.97 Å². The zero-order chi connectivity index (χ0) is 20.2. The lowest BCUT2D eigenvalue weighted by Crippen LogP contribution is -2.25. The molecule has 0 spiro atoms. The van der Waals surface area contributed by atoms with Gasteiger partial charge in [-0.2, -0.15) is 4.89 Å². The lowest BCUT2D eigenvalue weighted by molar-refractivity contribution is -0.323. The van der Waals surface area contributed by atoms with Gasteiger partial charge in [0.15, 0.2) is 0 Å². The molecule has 1 atom stereocenters. The number of rotatable bonds is 8. The molecule has 0 amide bonds. The van der Waals surface area contributed by atoms with Crippen LogP contribution in [0.5, 0.6) is 0 Å². The molecule has 0 radical (unpaired) electrons. The molecule has 0 heterocycles. The molecule has 5 heteroatoms. The van der Waals surface area contributed by atoms with Crippen molar-refractivity contribution in [2.45, 2.75) is 85.4 Å². The maximum atomic E-state index is 11.6. The molecule has 1 aromatic carbocycles. The Morgan fingerprint density at radius 3 is 2.08 bits per heavy atom. The van der Waals surface area contributed by atoms with Crippen LogP contribution in [-0.4, -0.2) is 16.8 Å². The average Bonchev–Trinajstić information content (AvgIpc) is 2.61. The maximum Gasteiger partial charge on any atom is 0.345 e. The van der Waals surface area contributed by atoms with E-state index in [-0.39, 0.29) is 11.9 Å². The molecule has 150 valence electrons. The summed E-state index contributed by atoms with van der Waals surface area (Å²) in [5.41, 5.74) is -0.0811. The SMILES string of the molecule is CC(C)(OO)c1ccccc1.CCCCC(CC)C(=O)OOC(C)(C)C. The molecule has 0 saturated carbocycles. The van der Waals surface area contributed by atoms with E-state index >= 15 is 0 Å². The molecule has 0 aliphatic heterocycles. The van der Waals surface area contributed by atoms with Gasteiger partial charge in [-0.05, 0) is 53.0 Å². The van der Waals surface area contributed by atoms with Crippen LogP contribution in [0.25, 0.3) is 0 Å². The van der Waals surface area contributed by atoms with Gasteiger partial charge in [0, 0.05) is 0 Å². The van der Waals surface area contributed by atoms with Crippen LogP contribution in [-0.2, 0) is 25.1 Å². The first kappa shape index (κ1) is 24.6. The second-order valence-electron chi connectivity index (χ2n) is 7.81. The highest BCUT2D eigenvalue weighted by molar-refractivity contribution is 5.71. The Morgan fingerprint density at radius 1 is 1.08 bits per heavy atom. The first-order valence-electron chi connectivity index (χ1n) is 9.35. The molecular weight excluding hydrogens is 332 g/mol. The number of hydrogen-bond donors (Lipinski definition) is 1. The summed E-state index contributed by atoms with van der Waals surface area (Å²) < 4.78 is 0. The smallest absolute Gasteiger partial charge is 0.298 e. The van der Waals surface area contributed by atoms with Crippen molar-refractivity contribution in [3.8, 4) is 0 Å². The van der Waals surface area contributed by atoms with E-state index in [0.29, 0.717) is 0 Å². The van der Waals surface area contributed by atoms with Crippen LogP contribution in [0.15, 0.2) is 30.3 Å². The molecule has 0 aliphatic rings. The molecule has 0 bridgehead atoms. The molecule has 0 aromatic heterocycles. The highest BCUT2D eigenvalue weighted by Gasteiger charge is 2.22. The summed E-state index contributed by atoms with van der Waals surface area (Å²) in [6.07, 6.45) is 3.86. The summed E-state index contributed by atoms with van der Waals surface area (Å²) in [5.74, 6) is -0.256. The van der Waals surface area contributed by atoms with Gasteiger partial charge in [-0.1, -0.05) is 57.0 Å². The molecule has 5 nitrogen and oxygen atoms in total. The van der Waals surface area contributed by atoms with Crippen LogP contribution in [0.3, 0.4) is 0 Å². The van der Waals surface area contributed by atoms with Crippen molar-refractivity contribution in [1.82, 2.24) is 0 Å². The second-order valence-corrected chi connectivity index (χ2v) is 7.81. The quantitative estimate of drug-likeness (QED) is 0.458. The van der Waals surface area contributed by atoms with E-state index < -0.39 is 11.2 Å². The van der Waals surface area contributed by atoms with Crippen molar-refractivity contribution in [3.05, 3.63) is 35.9 Å². The molecule has 0 aliphatic carbocycles. The largest absolute Gasteiger partial charge is 0.345 e. The molecule has 1 rings (SSSR count). The van der Waals surface area contributed by atoms with Crippen molar-refractivity contribution >= 4 is 5.97 Å². The first-order valence-corrected chi connectivity index (χ1v) is 9.35. The fourth-order valence-electron chi connectivity index (χ4n) is 2.07. The molecule has 0 fully saturated rings. The van der Waals surface area contributed by atoms with Crippen molar-refractivity contribution in [1.29, 1.82) is 0 Å². The van der Waals surface area contributed by atoms with Crippen molar-refractivity contribution in [2.75, 3.05) is 0 Å². The Hall–Kier alpha value is -1.43. The number of carbonyl (C=O) groups is 1. The predicted octanol–water partition coefficient (Wildman–Crippen LogP) is 5.89. The summed E-state index contributed by atoms with van der Waals surface area (Å²) >= 11 is 0. The molecule has 0 saturated heterocycles. The number of benzene rings is 1. The van der Waals surface area contributed by atoms with Gasteiger partial charge in [-0.3, -0.25) is 10.1 Å². The van der Waals surface area contributed by atoms with Gasteiger partial charge in [0.25, 0.3) is 0 Å². The second kappa shape index (κ2) is 12.0. The zero-order valence-corrected chi connectivity index (χ0v) is 17.4. The van der Waals surface area contributed by atoms with Crippen molar-refractivity contribution < 1.29 is 24.7 Å². The highest BCUT2D eigenvalue weighted by atomic mass is 17.2. The average molecular weight is 369 g/mol. The first-order chi connectivity index (χ1) is 12.1. The fourth-order valence-corrected chi connectivity index (χ4v) is 2.07. The van der Waals surface area contributed by atoms with Crippen LogP contribution in [0, 0.1) is 5.92 Å². The van der Waals surface area contributed by atoms with Crippen LogP contribution >= 0.6 is 0 Å². The van der Waals surface area contributed by atoms with Gasteiger partial charge in [0.1, 0.15) is 11.2 Å². The summed E-state index contributed by atoms with van der Waals surface area (Å²) in [7, 11) is 0. The van der Waals surface area contributed by atoms with E-state index in [1.807, 2.05) is 71.9 Å². The Balaban J connectivity index is 0.000000502. The van der Waals surface area contributed by atoms with Gasteiger partial charge in [0.05, 0.1) is 5.92 Å². The van der Waals surface area contributed by atoms with E-state index in [1.54, 1.807) is 0 Å². The summed E-state index contributed by atoms with van der Waals surface area (Å²) in [6.45, 7) is 13.3. The lowest BCUT2D eigenvalue weighted by Gasteiger charge is -2.20. The van der Waals surface area contributed by atoms with E-state index in [0.717, 1.165) is 31.2 Å². The minimum Gasteiger partial charge on any atom is -0.298 e. The highest BCUT2D eigenvalue weighted by Crippen LogP contribution is 2.22. The van der Waals surface area contributed by atoms with Crippen molar-refractivity contribution in [3.63, 3.8) is 0 Å². The third-order valence-corrected chi connectivity index (χ3v) is 3.80. The minimum absolute atomic E-state index is 0.0210. The lowest BCUT2D eigenvalue weighted by atomic mass is 9.99. The molecule has 1 unspecified atom stereocenters. The Kier molecular flexibility index (Phi) is 11.4. The zero-order valence-electron chi connectivity index (χ0n) is 17.4. The Bertz CT molecular complexity index is 491. The van der Waals surface area contributed by atoms with Crippen LogP contribution in [0.1, 0.15) is 79.7 Å².